The van der Waals surface area contributed by atoms with Crippen molar-refractivity contribution >= 4 is 15.9 Å². The minimum absolute atomic E-state index is 0.0347. The van der Waals surface area contributed by atoms with Crippen LogP contribution in [0.5, 0.6) is 0 Å². The van der Waals surface area contributed by atoms with E-state index in [1.54, 1.807) is 14.0 Å². The highest BCUT2D eigenvalue weighted by Crippen LogP contribution is 2.25. The Morgan fingerprint density at radius 3 is 2.59 bits per heavy atom. The van der Waals surface area contributed by atoms with E-state index >= 15 is 0 Å². The third kappa shape index (κ3) is 6.96. The van der Waals surface area contributed by atoms with Crippen LogP contribution in [0.4, 0.5) is 4.79 Å². The summed E-state index contributed by atoms with van der Waals surface area (Å²) in [6.07, 6.45) is 6.28. The lowest BCUT2D eigenvalue weighted by molar-refractivity contribution is -0.00271. The van der Waals surface area contributed by atoms with Crippen LogP contribution in [0, 0.1) is 5.92 Å². The van der Waals surface area contributed by atoms with Gasteiger partial charge in [-0.15, -0.1) is 0 Å². The van der Waals surface area contributed by atoms with Crippen molar-refractivity contribution in [2.75, 3.05) is 32.2 Å². The molecule has 130 valence electrons. The highest BCUT2D eigenvalue weighted by Gasteiger charge is 2.22. The number of amides is 2. The third-order valence-corrected chi connectivity index (χ3v) is 5.36. The van der Waals surface area contributed by atoms with Gasteiger partial charge in [0.1, 0.15) is 9.84 Å². The van der Waals surface area contributed by atoms with E-state index in [-0.39, 0.29) is 17.8 Å². The quantitative estimate of drug-likeness (QED) is 0.718. The predicted molar refractivity (Wildman–Crippen MR) is 87.7 cm³/mol. The average molecular weight is 334 g/mol. The van der Waals surface area contributed by atoms with Crippen molar-refractivity contribution in [2.24, 2.45) is 5.92 Å². The molecule has 22 heavy (non-hydrogen) atoms. The second-order valence-electron chi connectivity index (χ2n) is 6.46. The van der Waals surface area contributed by atoms with Crippen LogP contribution in [0.25, 0.3) is 0 Å². The van der Waals surface area contributed by atoms with Crippen LogP contribution in [0.1, 0.15) is 39.5 Å². The summed E-state index contributed by atoms with van der Waals surface area (Å²) in [5, 5.41) is 2.77. The van der Waals surface area contributed by atoms with E-state index in [4.69, 9.17) is 4.74 Å². The number of ether oxygens (including phenoxy) is 1. The first-order valence-electron chi connectivity index (χ1n) is 8.00. The first-order chi connectivity index (χ1) is 10.2. The minimum atomic E-state index is -3.09. The second kappa shape index (κ2) is 8.72. The lowest BCUT2D eigenvalue weighted by atomic mass is 9.88. The molecule has 0 aliphatic heterocycles. The van der Waals surface area contributed by atoms with Crippen LogP contribution >= 0.6 is 0 Å². The number of nitrogens with zero attached hydrogens (tertiary/aromatic N) is 1. The van der Waals surface area contributed by atoms with Crippen molar-refractivity contribution in [1.29, 1.82) is 0 Å². The number of rotatable bonds is 7. The van der Waals surface area contributed by atoms with Crippen LogP contribution < -0.4 is 5.32 Å². The van der Waals surface area contributed by atoms with Crippen LogP contribution in [0.15, 0.2) is 0 Å². The summed E-state index contributed by atoms with van der Waals surface area (Å²) in [6, 6.07) is -0.620. The summed E-state index contributed by atoms with van der Waals surface area (Å²) < 4.78 is 28.4. The fourth-order valence-electron chi connectivity index (χ4n) is 2.77. The summed E-state index contributed by atoms with van der Waals surface area (Å²) in [4.78, 5) is 13.4. The summed E-state index contributed by atoms with van der Waals surface area (Å²) in [7, 11) is -1.49. The molecule has 1 aliphatic rings. The number of carbonyl (C=O) groups excluding carboxylic acids is 1. The zero-order chi connectivity index (χ0) is 16.8. The van der Waals surface area contributed by atoms with E-state index in [1.165, 1.54) is 30.4 Å². The van der Waals surface area contributed by atoms with Gasteiger partial charge in [0.05, 0.1) is 18.5 Å². The van der Waals surface area contributed by atoms with E-state index < -0.39 is 9.84 Å². The van der Waals surface area contributed by atoms with Crippen molar-refractivity contribution in [3.63, 3.8) is 0 Å². The predicted octanol–water partition coefficient (Wildman–Crippen LogP) is 1.66. The second-order valence-corrected chi connectivity index (χ2v) is 8.64. The Balaban J connectivity index is 2.24. The molecular formula is C15H30N2O4S. The zero-order valence-corrected chi connectivity index (χ0v) is 15.0. The van der Waals surface area contributed by atoms with Crippen molar-refractivity contribution in [1.82, 2.24) is 10.2 Å². The molecule has 1 aliphatic carbocycles. The highest BCUT2D eigenvalue weighted by atomic mass is 32.2. The maximum absolute atomic E-state index is 12.0. The van der Waals surface area contributed by atoms with Gasteiger partial charge < -0.3 is 15.0 Å². The molecule has 0 spiro atoms. The molecule has 0 unspecified atom stereocenters. The summed E-state index contributed by atoms with van der Waals surface area (Å²) in [6.45, 7) is 4.87. The zero-order valence-electron chi connectivity index (χ0n) is 14.2. The van der Waals surface area contributed by atoms with Gasteiger partial charge in [0.2, 0.25) is 0 Å². The SMILES string of the molecule is C[C@@H]1CCCC[C@@H]1OCCNC(=O)N(C)[C@@H](C)CS(C)(=O)=O. The molecule has 0 radical (unpaired) electrons. The van der Waals surface area contributed by atoms with E-state index in [0.29, 0.717) is 25.2 Å². The number of nitrogens with one attached hydrogen (secondary N) is 1. The highest BCUT2D eigenvalue weighted by molar-refractivity contribution is 7.90. The van der Waals surface area contributed by atoms with Crippen LogP contribution in [0.3, 0.4) is 0 Å². The molecule has 3 atom stereocenters. The summed E-state index contributed by atoms with van der Waals surface area (Å²) >= 11 is 0. The van der Waals surface area contributed by atoms with Crippen LogP contribution in [0.2, 0.25) is 0 Å². The number of sulfone groups is 1. The molecule has 1 rings (SSSR count). The van der Waals surface area contributed by atoms with Gasteiger partial charge in [-0.1, -0.05) is 19.8 Å². The fraction of sp³-hybridized carbons (Fsp3) is 0.933. The Kier molecular flexibility index (Phi) is 7.62. The molecule has 0 heterocycles. The van der Waals surface area contributed by atoms with Crippen LogP contribution in [-0.2, 0) is 14.6 Å². The molecule has 1 fully saturated rings. The first-order valence-corrected chi connectivity index (χ1v) is 10.1. The van der Waals surface area contributed by atoms with Gasteiger partial charge in [0.25, 0.3) is 0 Å². The van der Waals surface area contributed by atoms with Gasteiger partial charge in [0, 0.05) is 25.9 Å². The van der Waals surface area contributed by atoms with Crippen molar-refractivity contribution < 1.29 is 17.9 Å². The largest absolute Gasteiger partial charge is 0.376 e. The Bertz CT molecular complexity index is 452. The fourth-order valence-corrected chi connectivity index (χ4v) is 3.87. The number of urea groups is 1. The topological polar surface area (TPSA) is 75.7 Å². The number of hydrogen-bond donors (Lipinski definition) is 1. The van der Waals surface area contributed by atoms with E-state index in [2.05, 4.69) is 12.2 Å². The molecule has 1 N–H and O–H groups in total. The Labute approximate surface area is 134 Å². The van der Waals surface area contributed by atoms with Gasteiger partial charge in [-0.05, 0) is 25.7 Å². The Hall–Kier alpha value is -0.820. The molecule has 0 saturated heterocycles. The molecule has 0 aromatic heterocycles. The number of hydrogen-bond acceptors (Lipinski definition) is 4. The van der Waals surface area contributed by atoms with Gasteiger partial charge in [-0.25, -0.2) is 13.2 Å². The van der Waals surface area contributed by atoms with Gasteiger partial charge in [-0.3, -0.25) is 0 Å². The molecule has 0 aromatic carbocycles. The Morgan fingerprint density at radius 1 is 1.36 bits per heavy atom. The monoisotopic (exact) mass is 334 g/mol. The molecule has 7 heteroatoms. The maximum atomic E-state index is 12.0. The molecule has 1 saturated carbocycles. The maximum Gasteiger partial charge on any atom is 0.317 e. The third-order valence-electron chi connectivity index (χ3n) is 4.27. The normalized spacial score (nSPS) is 23.8. The average Bonchev–Trinajstić information content (AvgIpc) is 2.42. The van der Waals surface area contributed by atoms with Crippen molar-refractivity contribution in [3.8, 4) is 0 Å². The first kappa shape index (κ1) is 19.2. The van der Waals surface area contributed by atoms with Gasteiger partial charge >= 0.3 is 6.03 Å². The lowest BCUT2D eigenvalue weighted by Crippen LogP contribution is -2.46. The van der Waals surface area contributed by atoms with Crippen LogP contribution in [-0.4, -0.2) is 63.7 Å². The number of carbonyl (C=O) groups is 1. The Morgan fingerprint density at radius 2 is 2.00 bits per heavy atom. The van der Waals surface area contributed by atoms with E-state index in [0.717, 1.165) is 6.42 Å². The molecule has 6 nitrogen and oxygen atoms in total. The molecule has 0 bridgehead atoms. The lowest BCUT2D eigenvalue weighted by Gasteiger charge is -2.29. The smallest absolute Gasteiger partial charge is 0.317 e. The molecule has 0 aromatic rings. The van der Waals surface area contributed by atoms with Gasteiger partial charge in [0.15, 0.2) is 0 Å². The van der Waals surface area contributed by atoms with Crippen molar-refractivity contribution in [2.45, 2.75) is 51.7 Å². The molecular weight excluding hydrogens is 304 g/mol. The standard InChI is InChI=1S/C15H30N2O4S/c1-12-7-5-6-8-14(12)21-10-9-16-15(18)17(3)13(2)11-22(4,19)20/h12-14H,5-11H2,1-4H3,(H,16,18)/t12-,13+,14+/m1/s1. The van der Waals surface area contributed by atoms with Gasteiger partial charge in [-0.2, -0.15) is 0 Å². The minimum Gasteiger partial charge on any atom is -0.376 e. The van der Waals surface area contributed by atoms with E-state index in [9.17, 15) is 13.2 Å². The summed E-state index contributed by atoms with van der Waals surface area (Å²) in [5.74, 6) is 0.550. The van der Waals surface area contributed by atoms with E-state index in [1.807, 2.05) is 0 Å². The summed E-state index contributed by atoms with van der Waals surface area (Å²) in [5.41, 5.74) is 0. The molecule has 2 amide bonds. The van der Waals surface area contributed by atoms with Crippen molar-refractivity contribution in [3.05, 3.63) is 0 Å².